The Morgan fingerprint density at radius 2 is 1.54 bits per heavy atom. The van der Waals surface area contributed by atoms with Crippen molar-refractivity contribution in [3.05, 3.63) is 142 Å². The fourth-order valence-electron chi connectivity index (χ4n) is 9.33. The number of carbonyl (C=O) groups is 2. The van der Waals surface area contributed by atoms with E-state index in [0.717, 1.165) is 100 Å². The van der Waals surface area contributed by atoms with Crippen molar-refractivity contribution < 1.29 is 19.4 Å². The van der Waals surface area contributed by atoms with Crippen LogP contribution >= 0.6 is 0 Å². The first-order valence-electron chi connectivity index (χ1n) is 20.1. The van der Waals surface area contributed by atoms with Crippen LogP contribution in [-0.2, 0) is 24.2 Å². The molecule has 2 aliphatic heterocycles. The van der Waals surface area contributed by atoms with Gasteiger partial charge in [0.2, 0.25) is 0 Å². The number of unbranched alkanes of at least 4 members (excludes halogenated alkanes) is 1. The van der Waals surface area contributed by atoms with E-state index in [9.17, 15) is 14.7 Å². The van der Waals surface area contributed by atoms with E-state index in [1.807, 2.05) is 18.2 Å². The third-order valence-electron chi connectivity index (χ3n) is 12.3. The Balaban J connectivity index is 0.758. The van der Waals surface area contributed by atoms with Crippen LogP contribution in [0, 0.1) is 0 Å². The molecule has 280 valence electrons. The number of rotatable bonds is 12. The summed E-state index contributed by atoms with van der Waals surface area (Å²) in [6, 6.07) is 31.4. The molecule has 3 atom stereocenters. The predicted octanol–water partition coefficient (Wildman–Crippen LogP) is 7.91. The summed E-state index contributed by atoms with van der Waals surface area (Å²) < 4.78 is 6.25. The number of allylic oxidation sites excluding steroid dienone is 1. The fraction of sp³-hybridized carbons (Fsp3) is 0.404. The Kier molecular flexibility index (Phi) is 11.0. The van der Waals surface area contributed by atoms with Gasteiger partial charge in [0.1, 0.15) is 18.1 Å². The van der Waals surface area contributed by atoms with Crippen LogP contribution < -0.4 is 4.74 Å². The van der Waals surface area contributed by atoms with E-state index >= 15 is 0 Å². The topological polar surface area (TPSA) is 73.3 Å². The number of amides is 1. The minimum atomic E-state index is -0.303. The summed E-state index contributed by atoms with van der Waals surface area (Å²) in [4.78, 5) is 32.6. The summed E-state index contributed by atoms with van der Waals surface area (Å²) in [5.74, 6) is 2.01. The van der Waals surface area contributed by atoms with E-state index < -0.39 is 0 Å². The van der Waals surface area contributed by atoms with Gasteiger partial charge in [0.15, 0.2) is 5.78 Å². The van der Waals surface area contributed by atoms with E-state index in [1.165, 1.54) is 27.8 Å². The zero-order valence-electron chi connectivity index (χ0n) is 31.4. The molecule has 0 spiro atoms. The van der Waals surface area contributed by atoms with Crippen molar-refractivity contribution in [2.24, 2.45) is 0 Å². The molecule has 2 fully saturated rings. The lowest BCUT2D eigenvalue weighted by atomic mass is 9.69. The zero-order valence-corrected chi connectivity index (χ0v) is 31.4. The van der Waals surface area contributed by atoms with Crippen LogP contribution in [-0.4, -0.2) is 83.4 Å². The van der Waals surface area contributed by atoms with Crippen LogP contribution in [0.25, 0.3) is 0 Å². The minimum Gasteiger partial charge on any atom is -0.508 e. The van der Waals surface area contributed by atoms with E-state index in [0.29, 0.717) is 37.7 Å². The number of nitrogens with zero attached hydrogens (tertiary/aromatic N) is 3. The van der Waals surface area contributed by atoms with Crippen molar-refractivity contribution in [1.82, 2.24) is 14.7 Å². The van der Waals surface area contributed by atoms with Crippen LogP contribution in [0.15, 0.2) is 103 Å². The molecule has 1 N–H and O–H groups in total. The van der Waals surface area contributed by atoms with Gasteiger partial charge in [0.05, 0.1) is 6.04 Å². The number of aromatic hydroxyl groups is 1. The lowest BCUT2D eigenvalue weighted by Gasteiger charge is -2.35. The quantitative estimate of drug-likeness (QED) is 0.118. The second kappa shape index (κ2) is 16.3. The second-order valence-corrected chi connectivity index (χ2v) is 15.8. The highest BCUT2D eigenvalue weighted by Crippen LogP contribution is 2.47. The highest BCUT2D eigenvalue weighted by atomic mass is 16.5. The molecular formula is C47H53N3O4. The molecule has 4 aliphatic rings. The van der Waals surface area contributed by atoms with Gasteiger partial charge in [-0.3, -0.25) is 14.5 Å². The number of ketones is 1. The fourth-order valence-corrected chi connectivity index (χ4v) is 9.33. The largest absolute Gasteiger partial charge is 0.508 e. The Bertz CT molecular complexity index is 1970. The molecule has 4 aromatic rings. The first kappa shape index (κ1) is 36.3. The predicted molar refractivity (Wildman–Crippen MR) is 213 cm³/mol. The average Bonchev–Trinajstić information content (AvgIpc) is 3.52. The number of ether oxygens (including phenoxy) is 1. The molecule has 2 aliphatic carbocycles. The highest BCUT2D eigenvalue weighted by molar-refractivity contribution is 6.02. The molecule has 2 heterocycles. The molecule has 4 aromatic carbocycles. The van der Waals surface area contributed by atoms with Crippen LogP contribution in [0.2, 0.25) is 0 Å². The first-order chi connectivity index (χ1) is 26.4. The molecular weight excluding hydrogens is 671 g/mol. The van der Waals surface area contributed by atoms with Crippen LogP contribution in [0.5, 0.6) is 11.5 Å². The van der Waals surface area contributed by atoms with E-state index in [-0.39, 0.29) is 23.7 Å². The summed E-state index contributed by atoms with van der Waals surface area (Å²) in [5.41, 5.74) is 9.31. The minimum absolute atomic E-state index is 0.00417. The summed E-state index contributed by atoms with van der Waals surface area (Å²) in [6.07, 6.45) is 7.23. The number of piperazine rings is 1. The third kappa shape index (κ3) is 8.03. The number of Topliss-reactive ketones (excluding diaryl/α,β-unsaturated/α-hetero) is 1. The third-order valence-corrected chi connectivity index (χ3v) is 12.3. The Morgan fingerprint density at radius 1 is 0.759 bits per heavy atom. The molecule has 1 unspecified atom stereocenters. The summed E-state index contributed by atoms with van der Waals surface area (Å²) in [5, 5.41) is 10.2. The van der Waals surface area contributed by atoms with Crippen molar-refractivity contribution in [3.63, 3.8) is 0 Å². The first-order valence-corrected chi connectivity index (χ1v) is 20.1. The SMILES string of the molecule is C=C1CCC(N2Cc3cc(CCCCN4CCN(CCOc5ccc([C@@H]6c7ccc(O)cc7CC[C@@H]6c6ccccc6)cc5)CC4)ccc3C2=O)C(=O)C1. The second-order valence-electron chi connectivity index (χ2n) is 15.8. The Morgan fingerprint density at radius 3 is 2.31 bits per heavy atom. The molecule has 7 heteroatoms. The number of aryl methyl sites for hydroxylation is 2. The van der Waals surface area contributed by atoms with Crippen molar-refractivity contribution in [1.29, 1.82) is 0 Å². The van der Waals surface area contributed by atoms with Crippen molar-refractivity contribution in [3.8, 4) is 11.5 Å². The number of hydrogen-bond donors (Lipinski definition) is 1. The standard InChI is InChI=1S/C47H53N3O4/c1-33-10-21-44(45(52)29-33)50-32-38-30-34(11-18-43(38)47(50)53)7-5-6-22-48-23-25-49(26-24-48)27-28-54-40-16-12-36(13-17-40)46-41(35-8-3-2-4-9-35)19-14-37-31-39(51)15-20-42(37)46/h2-4,8-9,11-13,15-18,20,30-31,41,44,46,51H,1,5-7,10,14,19,21-29,32H2/t41-,44?,46+/m1/s1. The molecule has 0 aromatic heterocycles. The molecule has 0 bridgehead atoms. The van der Waals surface area contributed by atoms with Gasteiger partial charge >= 0.3 is 0 Å². The maximum atomic E-state index is 13.1. The number of fused-ring (bicyclic) bond motifs is 2. The van der Waals surface area contributed by atoms with Crippen molar-refractivity contribution >= 4 is 11.7 Å². The van der Waals surface area contributed by atoms with Gasteiger partial charge < -0.3 is 19.6 Å². The van der Waals surface area contributed by atoms with Crippen molar-refractivity contribution in [2.45, 2.75) is 75.8 Å². The van der Waals surface area contributed by atoms with Crippen LogP contribution in [0.1, 0.15) is 94.1 Å². The molecule has 1 saturated carbocycles. The number of benzene rings is 4. The number of carbonyl (C=O) groups excluding carboxylic acids is 2. The molecule has 0 radical (unpaired) electrons. The van der Waals surface area contributed by atoms with E-state index in [4.69, 9.17) is 4.74 Å². The zero-order chi connectivity index (χ0) is 37.0. The maximum Gasteiger partial charge on any atom is 0.255 e. The van der Waals surface area contributed by atoms with Gasteiger partial charge in [-0.15, -0.1) is 0 Å². The summed E-state index contributed by atoms with van der Waals surface area (Å²) in [6.45, 7) is 11.5. The monoisotopic (exact) mass is 723 g/mol. The number of hydrogen-bond acceptors (Lipinski definition) is 6. The number of phenolic OH excluding ortho intramolecular Hbond substituents is 1. The van der Waals surface area contributed by atoms with Gasteiger partial charge in [0, 0.05) is 57.2 Å². The molecule has 8 rings (SSSR count). The lowest BCUT2D eigenvalue weighted by Crippen LogP contribution is -2.47. The Labute approximate surface area is 320 Å². The molecule has 1 amide bonds. The molecule has 1 saturated heterocycles. The Hall–Kier alpha value is -4.72. The van der Waals surface area contributed by atoms with Gasteiger partial charge in [-0.2, -0.15) is 0 Å². The smallest absolute Gasteiger partial charge is 0.255 e. The van der Waals surface area contributed by atoms with E-state index in [1.54, 1.807) is 4.90 Å². The maximum absolute atomic E-state index is 13.1. The van der Waals surface area contributed by atoms with E-state index in [2.05, 4.69) is 89.2 Å². The van der Waals surface area contributed by atoms with Crippen LogP contribution in [0.3, 0.4) is 0 Å². The summed E-state index contributed by atoms with van der Waals surface area (Å²) in [7, 11) is 0. The number of phenols is 1. The van der Waals surface area contributed by atoms with Crippen molar-refractivity contribution in [2.75, 3.05) is 45.9 Å². The normalized spacial score (nSPS) is 22.0. The highest BCUT2D eigenvalue weighted by Gasteiger charge is 2.38. The molecule has 54 heavy (non-hydrogen) atoms. The van der Waals surface area contributed by atoms with Gasteiger partial charge in [-0.1, -0.05) is 72.8 Å². The van der Waals surface area contributed by atoms with Gasteiger partial charge in [-0.05, 0) is 121 Å². The molecule has 7 nitrogen and oxygen atoms in total. The average molecular weight is 724 g/mol. The van der Waals surface area contributed by atoms with Gasteiger partial charge in [-0.25, -0.2) is 0 Å². The summed E-state index contributed by atoms with van der Waals surface area (Å²) >= 11 is 0. The van der Waals surface area contributed by atoms with Gasteiger partial charge in [0.25, 0.3) is 5.91 Å². The lowest BCUT2D eigenvalue weighted by molar-refractivity contribution is -0.124. The van der Waals surface area contributed by atoms with Crippen LogP contribution in [0.4, 0.5) is 0 Å².